The normalized spacial score (nSPS) is 14.6. The number of unbranched alkanes of at least 4 members (excludes halogenated alkanes) is 19. The second kappa shape index (κ2) is 46.4. The summed E-state index contributed by atoms with van der Waals surface area (Å²) in [5, 5.41) is 18.4. The number of aliphatic hydroxyl groups excluding tert-OH is 2. The minimum absolute atomic E-state index is 0.00778. The number of allylic oxidation sites excluding steroid dienone is 11. The van der Waals surface area contributed by atoms with Gasteiger partial charge in [0.25, 0.3) is 0 Å². The van der Waals surface area contributed by atoms with Crippen molar-refractivity contribution < 1.29 is 43.0 Å². The number of carbonyl (C=O) groups excluding carboxylic acids is 1. The first kappa shape index (κ1) is 57.9. The van der Waals surface area contributed by atoms with E-state index in [2.05, 4.69) is 80.7 Å². The Morgan fingerprint density at radius 3 is 1.43 bits per heavy atom. The average molecular weight is 865 g/mol. The lowest BCUT2D eigenvalue weighted by atomic mass is 10.0. The fourth-order valence-electron chi connectivity index (χ4n) is 6.30. The summed E-state index contributed by atoms with van der Waals surface area (Å²) in [6.07, 6.45) is 56.1. The van der Waals surface area contributed by atoms with E-state index in [0.29, 0.717) is 19.4 Å². The van der Waals surface area contributed by atoms with E-state index in [4.69, 9.17) is 23.6 Å². The Balaban J connectivity index is 4.17. The summed E-state index contributed by atoms with van der Waals surface area (Å²) in [4.78, 5) is 22.6. The van der Waals surface area contributed by atoms with Gasteiger partial charge in [0.1, 0.15) is 12.2 Å². The maximum atomic E-state index is 12.7. The highest BCUT2D eigenvalue weighted by Gasteiger charge is 2.26. The predicted molar refractivity (Wildman–Crippen MR) is 251 cm³/mol. The molecule has 3 atom stereocenters. The second-order valence-electron chi connectivity index (χ2n) is 15.7. The molecular weight excluding hydrogens is 776 g/mol. The molecule has 9 nitrogen and oxygen atoms in total. The lowest BCUT2D eigenvalue weighted by Crippen LogP contribution is -2.29. The Hall–Kier alpha value is -2.10. The van der Waals surface area contributed by atoms with E-state index < -0.39 is 45.8 Å². The van der Waals surface area contributed by atoms with E-state index in [9.17, 15) is 19.4 Å². The second-order valence-corrected chi connectivity index (χ2v) is 17.2. The van der Waals surface area contributed by atoms with Gasteiger partial charge in [-0.3, -0.25) is 13.8 Å². The first-order chi connectivity index (χ1) is 29.3. The molecule has 3 unspecified atom stereocenters. The molecule has 0 saturated heterocycles. The molecule has 0 aromatic heterocycles. The van der Waals surface area contributed by atoms with E-state index >= 15 is 0 Å². The van der Waals surface area contributed by atoms with Crippen LogP contribution in [0, 0.1) is 0 Å². The summed E-state index contributed by atoms with van der Waals surface area (Å²) in [7, 11) is -4.54. The molecule has 0 rings (SSSR count). The molecule has 0 saturated carbocycles. The van der Waals surface area contributed by atoms with E-state index in [1.54, 1.807) is 0 Å². The van der Waals surface area contributed by atoms with Gasteiger partial charge < -0.3 is 24.6 Å². The fourth-order valence-corrected chi connectivity index (χ4v) is 7.09. The molecule has 0 aromatic carbocycles. The van der Waals surface area contributed by atoms with Crippen molar-refractivity contribution in [2.24, 2.45) is 0 Å². The van der Waals surface area contributed by atoms with Crippen LogP contribution in [0.5, 0.6) is 0 Å². The van der Waals surface area contributed by atoms with Crippen LogP contribution in [0.1, 0.15) is 194 Å². The lowest BCUT2D eigenvalue weighted by Gasteiger charge is -2.20. The van der Waals surface area contributed by atoms with Crippen molar-refractivity contribution in [3.8, 4) is 0 Å². The van der Waals surface area contributed by atoms with Crippen LogP contribution < -0.4 is 0 Å². The summed E-state index contributed by atoms with van der Waals surface area (Å²) in [5.74, 6) is -0.409. The number of aliphatic hydroxyl groups is 2. The lowest BCUT2D eigenvalue weighted by molar-refractivity contribution is -0.154. The summed E-state index contributed by atoms with van der Waals surface area (Å²) in [6, 6.07) is 0. The van der Waals surface area contributed by atoms with Crippen LogP contribution in [0.25, 0.3) is 0 Å². The van der Waals surface area contributed by atoms with Crippen molar-refractivity contribution in [3.63, 3.8) is 0 Å². The standard InChI is InChI=1S/C50H89O9P/c1-3-5-7-9-11-13-15-17-19-21-22-23-24-25-26-27-28-30-32-34-36-38-40-42-50(53)59-49(47-58-60(54,55)57-45-48(52)44-51)46-56-43-41-39-37-35-33-31-29-20-18-16-14-12-10-8-6-4-2/h6,8,12,14,18,20-22,31,33,37,39,48-49,51-52H,3-5,7,9-11,13,15-17,19,23-30,32,34-36,38,40-47H2,1-2H3,(H,54,55)/b8-6-,14-12-,20-18-,22-21-,33-31-,39-37-. The summed E-state index contributed by atoms with van der Waals surface area (Å²) in [5.41, 5.74) is 0. The quantitative estimate of drug-likeness (QED) is 0.0237. The minimum Gasteiger partial charge on any atom is -0.457 e. The smallest absolute Gasteiger partial charge is 0.457 e. The molecule has 0 amide bonds. The van der Waals surface area contributed by atoms with Crippen molar-refractivity contribution >= 4 is 13.8 Å². The Kier molecular flexibility index (Phi) is 44.8. The molecular formula is C50H89O9P. The van der Waals surface area contributed by atoms with Gasteiger partial charge in [0, 0.05) is 6.42 Å². The van der Waals surface area contributed by atoms with E-state index in [-0.39, 0.29) is 13.0 Å². The number of carbonyl (C=O) groups is 1. The molecule has 0 aliphatic rings. The van der Waals surface area contributed by atoms with Gasteiger partial charge in [-0.1, -0.05) is 189 Å². The molecule has 0 aliphatic heterocycles. The third-order valence-corrected chi connectivity index (χ3v) is 10.8. The summed E-state index contributed by atoms with van der Waals surface area (Å²) >= 11 is 0. The first-order valence-corrected chi connectivity index (χ1v) is 25.4. The van der Waals surface area contributed by atoms with Crippen molar-refractivity contribution in [2.45, 2.75) is 206 Å². The largest absolute Gasteiger partial charge is 0.472 e. The van der Waals surface area contributed by atoms with Crippen LogP contribution >= 0.6 is 7.82 Å². The van der Waals surface area contributed by atoms with Crippen molar-refractivity contribution in [2.75, 3.05) is 33.0 Å². The minimum atomic E-state index is -4.54. The van der Waals surface area contributed by atoms with E-state index in [1.165, 1.54) is 109 Å². The number of rotatable bonds is 45. The van der Waals surface area contributed by atoms with Gasteiger partial charge in [0.05, 0.1) is 33.0 Å². The average Bonchev–Trinajstić information content (AvgIpc) is 3.24. The molecule has 0 fully saturated rings. The van der Waals surface area contributed by atoms with Crippen molar-refractivity contribution in [1.29, 1.82) is 0 Å². The fraction of sp³-hybridized carbons (Fsp3) is 0.740. The van der Waals surface area contributed by atoms with E-state index in [0.717, 1.165) is 51.4 Å². The van der Waals surface area contributed by atoms with Crippen LogP contribution in [0.3, 0.4) is 0 Å². The van der Waals surface area contributed by atoms with Gasteiger partial charge in [-0.15, -0.1) is 0 Å². The number of hydrogen-bond donors (Lipinski definition) is 3. The zero-order chi connectivity index (χ0) is 43.9. The first-order valence-electron chi connectivity index (χ1n) is 23.9. The van der Waals surface area contributed by atoms with Crippen molar-refractivity contribution in [1.82, 2.24) is 0 Å². The number of esters is 1. The SMILES string of the molecule is CC/C=C\C/C=C\C/C=C\C/C=C\C/C=C\CCOCC(COP(=O)(O)OCC(O)CO)OC(=O)CCCCCCCCCCCCC/C=C\CCCCCCCCCC. The molecule has 10 heteroatoms. The number of phosphoric acid groups is 1. The number of phosphoric ester groups is 1. The summed E-state index contributed by atoms with van der Waals surface area (Å²) < 4.78 is 33.3. The third kappa shape index (κ3) is 45.4. The zero-order valence-corrected chi connectivity index (χ0v) is 39.1. The Morgan fingerprint density at radius 1 is 0.533 bits per heavy atom. The molecule has 60 heavy (non-hydrogen) atoms. The van der Waals surface area contributed by atoms with Gasteiger partial charge >= 0.3 is 13.8 Å². The Morgan fingerprint density at radius 2 is 0.950 bits per heavy atom. The highest BCUT2D eigenvalue weighted by Crippen LogP contribution is 2.43. The van der Waals surface area contributed by atoms with Gasteiger partial charge in [0.15, 0.2) is 0 Å². The van der Waals surface area contributed by atoms with Crippen LogP contribution in [-0.2, 0) is 27.9 Å². The Labute approximate surface area is 367 Å². The van der Waals surface area contributed by atoms with Crippen LogP contribution in [-0.4, -0.2) is 66.3 Å². The molecule has 3 N–H and O–H groups in total. The highest BCUT2D eigenvalue weighted by molar-refractivity contribution is 7.47. The van der Waals surface area contributed by atoms with Gasteiger partial charge in [-0.05, 0) is 70.6 Å². The van der Waals surface area contributed by atoms with Crippen LogP contribution in [0.2, 0.25) is 0 Å². The maximum Gasteiger partial charge on any atom is 0.472 e. The molecule has 0 heterocycles. The predicted octanol–water partition coefficient (Wildman–Crippen LogP) is 13.7. The molecule has 0 bridgehead atoms. The maximum absolute atomic E-state index is 12.7. The van der Waals surface area contributed by atoms with Crippen LogP contribution in [0.15, 0.2) is 72.9 Å². The van der Waals surface area contributed by atoms with E-state index in [1.807, 2.05) is 6.08 Å². The molecule has 0 spiro atoms. The van der Waals surface area contributed by atoms with Gasteiger partial charge in [-0.2, -0.15) is 0 Å². The highest BCUT2D eigenvalue weighted by atomic mass is 31.2. The number of hydrogen-bond acceptors (Lipinski definition) is 8. The molecule has 0 aromatic rings. The zero-order valence-electron chi connectivity index (χ0n) is 38.2. The monoisotopic (exact) mass is 865 g/mol. The summed E-state index contributed by atoms with van der Waals surface area (Å²) in [6.45, 7) is 3.18. The van der Waals surface area contributed by atoms with Gasteiger partial charge in [0.2, 0.25) is 0 Å². The molecule has 0 aliphatic carbocycles. The van der Waals surface area contributed by atoms with Crippen LogP contribution in [0.4, 0.5) is 0 Å². The van der Waals surface area contributed by atoms with Crippen molar-refractivity contribution in [3.05, 3.63) is 72.9 Å². The van der Waals surface area contributed by atoms with Gasteiger partial charge in [-0.25, -0.2) is 4.57 Å². The molecule has 0 radical (unpaired) electrons. The topological polar surface area (TPSA) is 132 Å². The third-order valence-electron chi connectivity index (χ3n) is 9.90. The number of ether oxygens (including phenoxy) is 2. The molecule has 348 valence electrons. The Bertz CT molecular complexity index is 1160.